The van der Waals surface area contributed by atoms with E-state index in [1.807, 2.05) is 0 Å². The van der Waals surface area contributed by atoms with Gasteiger partial charge in [-0.3, -0.25) is 0 Å². The summed E-state index contributed by atoms with van der Waals surface area (Å²) in [5.41, 5.74) is 11.2. The fourth-order valence-corrected chi connectivity index (χ4v) is 1.76. The first kappa shape index (κ1) is 16.9. The average Bonchev–Trinajstić information content (AvgIpc) is 2.56. The molecule has 2 aromatic carbocycles. The number of hydrogen-bond acceptors (Lipinski definition) is 5. The van der Waals surface area contributed by atoms with Crippen molar-refractivity contribution in [3.8, 4) is 11.5 Å². The van der Waals surface area contributed by atoms with Gasteiger partial charge < -0.3 is 20.9 Å². The van der Waals surface area contributed by atoms with E-state index in [2.05, 4.69) is 10.2 Å². The molecule has 4 N–H and O–H groups in total. The van der Waals surface area contributed by atoms with E-state index >= 15 is 0 Å². The summed E-state index contributed by atoms with van der Waals surface area (Å²) in [6, 6.07) is 9.80. The summed E-state index contributed by atoms with van der Waals surface area (Å²) in [6.45, 7) is 0. The maximum atomic E-state index is 12.9. The number of carbonyl (C=O) groups excluding carboxylic acids is 1. The maximum Gasteiger partial charge on any atom is 0.343 e. The number of carbonyl (C=O) groups is 1. The SMILES string of the molecule is COc1cc(/C=N/N=C(N)N)ccc1OC(=O)c1ccc(F)cc1. The van der Waals surface area contributed by atoms with Gasteiger partial charge >= 0.3 is 5.97 Å². The van der Waals surface area contributed by atoms with E-state index in [1.165, 1.54) is 43.7 Å². The van der Waals surface area contributed by atoms with Crippen LogP contribution in [-0.2, 0) is 0 Å². The Labute approximate surface area is 137 Å². The lowest BCUT2D eigenvalue weighted by Crippen LogP contribution is -2.21. The molecule has 8 heteroatoms. The van der Waals surface area contributed by atoms with Crippen LogP contribution in [0.5, 0.6) is 11.5 Å². The number of ether oxygens (including phenoxy) is 2. The molecule has 2 rings (SSSR count). The number of rotatable bonds is 5. The highest BCUT2D eigenvalue weighted by Gasteiger charge is 2.12. The lowest BCUT2D eigenvalue weighted by molar-refractivity contribution is 0.0729. The molecule has 124 valence electrons. The molecule has 0 radical (unpaired) electrons. The number of nitrogens with zero attached hydrogens (tertiary/aromatic N) is 2. The van der Waals surface area contributed by atoms with Crippen molar-refractivity contribution in [1.29, 1.82) is 0 Å². The number of esters is 1. The van der Waals surface area contributed by atoms with Crippen LogP contribution in [0.25, 0.3) is 0 Å². The van der Waals surface area contributed by atoms with Crippen molar-refractivity contribution in [3.05, 3.63) is 59.4 Å². The molecule has 24 heavy (non-hydrogen) atoms. The van der Waals surface area contributed by atoms with Crippen LogP contribution in [0.1, 0.15) is 15.9 Å². The van der Waals surface area contributed by atoms with E-state index in [1.54, 1.807) is 12.1 Å². The summed E-state index contributed by atoms with van der Waals surface area (Å²) in [7, 11) is 1.43. The van der Waals surface area contributed by atoms with Crippen LogP contribution in [0.2, 0.25) is 0 Å². The van der Waals surface area contributed by atoms with Crippen molar-refractivity contribution in [3.63, 3.8) is 0 Å². The van der Waals surface area contributed by atoms with E-state index in [0.717, 1.165) is 0 Å². The monoisotopic (exact) mass is 330 g/mol. The molecule has 0 fully saturated rings. The van der Waals surface area contributed by atoms with E-state index < -0.39 is 11.8 Å². The van der Waals surface area contributed by atoms with Gasteiger partial charge in [-0.1, -0.05) is 0 Å². The standard InChI is InChI=1S/C16H15FN4O3/c1-23-14-8-10(9-20-21-16(18)19)2-7-13(14)24-15(22)11-3-5-12(17)6-4-11/h2-9H,1H3,(H4,18,19,21)/b20-9+. The third kappa shape index (κ3) is 4.54. The Hall–Kier alpha value is -3.42. The summed E-state index contributed by atoms with van der Waals surface area (Å²) in [5, 5.41) is 7.15. The Morgan fingerprint density at radius 1 is 1.12 bits per heavy atom. The molecule has 0 saturated heterocycles. The normalized spacial score (nSPS) is 10.4. The van der Waals surface area contributed by atoms with Crippen LogP contribution in [0.4, 0.5) is 4.39 Å². The van der Waals surface area contributed by atoms with E-state index in [9.17, 15) is 9.18 Å². The summed E-state index contributed by atoms with van der Waals surface area (Å²) >= 11 is 0. The predicted molar refractivity (Wildman–Crippen MR) is 87.8 cm³/mol. The number of halogens is 1. The Morgan fingerprint density at radius 3 is 2.46 bits per heavy atom. The minimum absolute atomic E-state index is 0.164. The minimum atomic E-state index is -0.629. The summed E-state index contributed by atoms with van der Waals surface area (Å²) in [5.74, 6) is -0.697. The van der Waals surface area contributed by atoms with Crippen LogP contribution in [0, 0.1) is 5.82 Å². The highest BCUT2D eigenvalue weighted by atomic mass is 19.1. The topological polar surface area (TPSA) is 112 Å². The highest BCUT2D eigenvalue weighted by molar-refractivity contribution is 5.91. The second-order valence-corrected chi connectivity index (χ2v) is 4.58. The van der Waals surface area contributed by atoms with Crippen LogP contribution in [0.15, 0.2) is 52.7 Å². The fraction of sp³-hybridized carbons (Fsp3) is 0.0625. The van der Waals surface area contributed by atoms with Gasteiger partial charge in [0.2, 0.25) is 5.96 Å². The third-order valence-electron chi connectivity index (χ3n) is 2.85. The molecule has 0 saturated carbocycles. The van der Waals surface area contributed by atoms with Gasteiger partial charge in [-0.05, 0) is 48.0 Å². The zero-order valence-corrected chi connectivity index (χ0v) is 12.8. The molecule has 0 aliphatic heterocycles. The van der Waals surface area contributed by atoms with Crippen molar-refractivity contribution in [2.75, 3.05) is 7.11 Å². The highest BCUT2D eigenvalue weighted by Crippen LogP contribution is 2.28. The van der Waals surface area contributed by atoms with Gasteiger partial charge in [-0.25, -0.2) is 9.18 Å². The van der Waals surface area contributed by atoms with Gasteiger partial charge in [-0.2, -0.15) is 5.10 Å². The minimum Gasteiger partial charge on any atom is -0.493 e. The Kier molecular flexibility index (Phi) is 5.45. The molecule has 0 bridgehead atoms. The third-order valence-corrected chi connectivity index (χ3v) is 2.85. The summed E-state index contributed by atoms with van der Waals surface area (Å²) in [6.07, 6.45) is 1.41. The molecule has 2 aromatic rings. The molecule has 0 unspecified atom stereocenters. The molecule has 0 aliphatic rings. The first-order valence-corrected chi connectivity index (χ1v) is 6.77. The first-order valence-electron chi connectivity index (χ1n) is 6.77. The van der Waals surface area contributed by atoms with Crippen molar-refractivity contribution < 1.29 is 18.7 Å². The smallest absolute Gasteiger partial charge is 0.343 e. The fourth-order valence-electron chi connectivity index (χ4n) is 1.76. The van der Waals surface area contributed by atoms with Crippen molar-refractivity contribution in [2.45, 2.75) is 0 Å². The first-order chi connectivity index (χ1) is 11.5. The molecule has 0 aromatic heterocycles. The van der Waals surface area contributed by atoms with Crippen LogP contribution in [0.3, 0.4) is 0 Å². The molecular formula is C16H15FN4O3. The van der Waals surface area contributed by atoms with Gasteiger partial charge in [0, 0.05) is 0 Å². The van der Waals surface area contributed by atoms with E-state index in [4.69, 9.17) is 20.9 Å². The van der Waals surface area contributed by atoms with Gasteiger partial charge in [0.05, 0.1) is 18.9 Å². The summed E-state index contributed by atoms with van der Waals surface area (Å²) in [4.78, 5) is 12.1. The van der Waals surface area contributed by atoms with Crippen LogP contribution >= 0.6 is 0 Å². The largest absolute Gasteiger partial charge is 0.493 e. The van der Waals surface area contributed by atoms with Crippen LogP contribution in [-0.4, -0.2) is 25.3 Å². The lowest BCUT2D eigenvalue weighted by Gasteiger charge is -2.09. The zero-order valence-electron chi connectivity index (χ0n) is 12.8. The van der Waals surface area contributed by atoms with E-state index in [-0.39, 0.29) is 17.3 Å². The van der Waals surface area contributed by atoms with Gasteiger partial charge in [0.25, 0.3) is 0 Å². The van der Waals surface area contributed by atoms with Crippen molar-refractivity contribution in [1.82, 2.24) is 0 Å². The van der Waals surface area contributed by atoms with Crippen LogP contribution < -0.4 is 20.9 Å². The number of benzene rings is 2. The van der Waals surface area contributed by atoms with E-state index in [0.29, 0.717) is 11.3 Å². The zero-order chi connectivity index (χ0) is 17.5. The average molecular weight is 330 g/mol. The molecule has 0 spiro atoms. The number of nitrogens with two attached hydrogens (primary N) is 2. The molecule has 0 atom stereocenters. The van der Waals surface area contributed by atoms with Crippen molar-refractivity contribution in [2.24, 2.45) is 21.7 Å². The molecule has 7 nitrogen and oxygen atoms in total. The number of hydrogen-bond donors (Lipinski definition) is 2. The summed E-state index contributed by atoms with van der Waals surface area (Å²) < 4.78 is 23.3. The van der Waals surface area contributed by atoms with Gasteiger partial charge in [0.15, 0.2) is 11.5 Å². The molecule has 0 heterocycles. The van der Waals surface area contributed by atoms with Gasteiger partial charge in [-0.15, -0.1) is 5.10 Å². The predicted octanol–water partition coefficient (Wildman–Crippen LogP) is 1.66. The Bertz CT molecular complexity index is 784. The van der Waals surface area contributed by atoms with Crippen molar-refractivity contribution >= 4 is 18.1 Å². The molecule has 0 aliphatic carbocycles. The Morgan fingerprint density at radius 2 is 1.83 bits per heavy atom. The lowest BCUT2D eigenvalue weighted by atomic mass is 10.2. The number of guanidine groups is 1. The van der Waals surface area contributed by atoms with Gasteiger partial charge in [0.1, 0.15) is 5.82 Å². The molecule has 0 amide bonds. The maximum absolute atomic E-state index is 12.9. The second-order valence-electron chi connectivity index (χ2n) is 4.58. The molecular weight excluding hydrogens is 315 g/mol. The Balaban J connectivity index is 2.18. The quantitative estimate of drug-likeness (QED) is 0.285. The number of methoxy groups -OCH3 is 1. The second kappa shape index (κ2) is 7.73.